The lowest BCUT2D eigenvalue weighted by atomic mass is 9.68. The summed E-state index contributed by atoms with van der Waals surface area (Å²) in [5.41, 5.74) is 0.885. The molecule has 1 aromatic rings. The van der Waals surface area contributed by atoms with Gasteiger partial charge in [0.25, 0.3) is 0 Å². The summed E-state index contributed by atoms with van der Waals surface area (Å²) < 4.78 is 26.4. The second kappa shape index (κ2) is 8.40. The molecule has 134 valence electrons. The van der Waals surface area contributed by atoms with E-state index in [-0.39, 0.29) is 0 Å². The summed E-state index contributed by atoms with van der Waals surface area (Å²) in [5.74, 6) is 1.32. The molecule has 0 bridgehead atoms. The highest BCUT2D eigenvalue weighted by atomic mass is 19.2. The highest BCUT2D eigenvalue weighted by molar-refractivity contribution is 5.17. The van der Waals surface area contributed by atoms with E-state index in [4.69, 9.17) is 0 Å². The van der Waals surface area contributed by atoms with E-state index in [1.807, 2.05) is 0 Å². The van der Waals surface area contributed by atoms with Crippen LogP contribution >= 0.6 is 0 Å². The normalized spacial score (nSPS) is 31.1. The molecule has 0 unspecified atom stereocenters. The number of pyridine rings is 1. The summed E-state index contributed by atoms with van der Waals surface area (Å²) in [6.45, 7) is 2.28. The van der Waals surface area contributed by atoms with Crippen molar-refractivity contribution in [1.82, 2.24) is 4.98 Å². The fourth-order valence-corrected chi connectivity index (χ4v) is 5.02. The van der Waals surface area contributed by atoms with E-state index in [1.54, 1.807) is 0 Å². The molecule has 2 saturated carbocycles. The van der Waals surface area contributed by atoms with Crippen LogP contribution < -0.4 is 0 Å². The molecule has 0 spiro atoms. The highest BCUT2D eigenvalue weighted by Crippen LogP contribution is 2.44. The predicted molar refractivity (Wildman–Crippen MR) is 93.8 cm³/mol. The van der Waals surface area contributed by atoms with Gasteiger partial charge in [-0.25, -0.2) is 9.37 Å². The van der Waals surface area contributed by atoms with E-state index >= 15 is 0 Å². The van der Waals surface area contributed by atoms with Crippen molar-refractivity contribution < 1.29 is 8.78 Å². The first-order chi connectivity index (χ1) is 11.7. The Balaban J connectivity index is 1.46. The first-order valence-electron chi connectivity index (χ1n) is 9.98. The van der Waals surface area contributed by atoms with Crippen LogP contribution in [0.1, 0.15) is 89.0 Å². The Kier molecular flexibility index (Phi) is 6.24. The van der Waals surface area contributed by atoms with Crippen LogP contribution in [0, 0.1) is 29.5 Å². The molecule has 0 aliphatic heterocycles. The van der Waals surface area contributed by atoms with E-state index < -0.39 is 11.8 Å². The van der Waals surface area contributed by atoms with Gasteiger partial charge in [0.1, 0.15) is 0 Å². The van der Waals surface area contributed by atoms with Crippen molar-refractivity contribution in [3.63, 3.8) is 0 Å². The van der Waals surface area contributed by atoms with Crippen LogP contribution in [0.5, 0.6) is 0 Å². The van der Waals surface area contributed by atoms with E-state index in [0.717, 1.165) is 36.2 Å². The zero-order valence-corrected chi connectivity index (χ0v) is 14.9. The molecule has 0 aromatic carbocycles. The minimum atomic E-state index is -0.979. The largest absolute Gasteiger partial charge is 0.248 e. The van der Waals surface area contributed by atoms with E-state index in [1.165, 1.54) is 70.1 Å². The Hall–Kier alpha value is -0.990. The van der Waals surface area contributed by atoms with Crippen LogP contribution in [0.15, 0.2) is 12.3 Å². The zero-order valence-electron chi connectivity index (χ0n) is 14.9. The number of nitrogens with zero attached hydrogens (tertiary/aromatic N) is 1. The van der Waals surface area contributed by atoms with Crippen molar-refractivity contribution >= 4 is 0 Å². The Morgan fingerprint density at radius 2 is 1.58 bits per heavy atom. The summed E-state index contributed by atoms with van der Waals surface area (Å²) in [5, 5.41) is 0. The van der Waals surface area contributed by atoms with Gasteiger partial charge in [-0.15, -0.1) is 0 Å². The van der Waals surface area contributed by atoms with Crippen LogP contribution in [0.25, 0.3) is 0 Å². The van der Waals surface area contributed by atoms with Crippen LogP contribution in [-0.4, -0.2) is 4.98 Å². The van der Waals surface area contributed by atoms with E-state index in [2.05, 4.69) is 11.9 Å². The molecule has 0 amide bonds. The van der Waals surface area contributed by atoms with Crippen LogP contribution in [0.3, 0.4) is 0 Å². The first-order valence-corrected chi connectivity index (χ1v) is 9.98. The Bertz CT molecular complexity index is 515. The van der Waals surface area contributed by atoms with Crippen molar-refractivity contribution in [2.24, 2.45) is 17.8 Å². The van der Waals surface area contributed by atoms with Crippen molar-refractivity contribution in [2.45, 2.75) is 83.5 Å². The summed E-state index contributed by atoms with van der Waals surface area (Å²) >= 11 is 0. The Morgan fingerprint density at radius 1 is 0.958 bits per heavy atom. The lowest BCUT2D eigenvalue weighted by Gasteiger charge is -2.38. The molecule has 24 heavy (non-hydrogen) atoms. The lowest BCUT2D eigenvalue weighted by Crippen LogP contribution is -2.25. The third-order valence-corrected chi connectivity index (χ3v) is 6.58. The average molecular weight is 335 g/mol. The minimum absolute atomic E-state index is 0.366. The van der Waals surface area contributed by atoms with Gasteiger partial charge >= 0.3 is 0 Å². The first kappa shape index (κ1) is 17.8. The summed E-state index contributed by atoms with van der Waals surface area (Å²) in [6.07, 6.45) is 16.1. The molecule has 2 aliphatic carbocycles. The average Bonchev–Trinajstić information content (AvgIpc) is 2.63. The van der Waals surface area contributed by atoms with Crippen LogP contribution in [0.4, 0.5) is 8.78 Å². The molecule has 3 rings (SSSR count). The molecule has 0 saturated heterocycles. The molecule has 3 heteroatoms. The summed E-state index contributed by atoms with van der Waals surface area (Å²) in [7, 11) is 0. The van der Waals surface area contributed by atoms with Gasteiger partial charge in [0, 0.05) is 6.20 Å². The number of aromatic nitrogens is 1. The number of rotatable bonds is 5. The number of hydrogen-bond acceptors (Lipinski definition) is 1. The number of halogens is 2. The Labute approximate surface area is 145 Å². The molecular weight excluding hydrogens is 304 g/mol. The van der Waals surface area contributed by atoms with Gasteiger partial charge < -0.3 is 0 Å². The fourth-order valence-electron chi connectivity index (χ4n) is 5.02. The molecule has 1 nitrogen and oxygen atoms in total. The third-order valence-electron chi connectivity index (χ3n) is 6.58. The van der Waals surface area contributed by atoms with Gasteiger partial charge in [-0.05, 0) is 73.8 Å². The molecule has 0 N–H and O–H groups in total. The monoisotopic (exact) mass is 335 g/mol. The predicted octanol–water partition coefficient (Wildman–Crippen LogP) is 6.63. The standard InChI is InChI=1S/C21H31F2N/c1-2-3-4-15-5-7-16(8-6-15)17-9-11-18(12-10-17)19-13-20(22)21(23)24-14-19/h13-18H,2-12H2,1H3. The lowest BCUT2D eigenvalue weighted by molar-refractivity contribution is 0.155. The van der Waals surface area contributed by atoms with Crippen molar-refractivity contribution in [3.8, 4) is 0 Å². The number of unbranched alkanes of at least 4 members (excludes halogenated alkanes) is 1. The van der Waals surface area contributed by atoms with Gasteiger partial charge in [0.05, 0.1) is 0 Å². The highest BCUT2D eigenvalue weighted by Gasteiger charge is 2.31. The molecule has 1 aromatic heterocycles. The maximum absolute atomic E-state index is 13.4. The SMILES string of the molecule is CCCCC1CCC(C2CCC(c3cnc(F)c(F)c3)CC2)CC1. The third kappa shape index (κ3) is 4.34. The van der Waals surface area contributed by atoms with Gasteiger partial charge in [-0.2, -0.15) is 4.39 Å². The second-order valence-electron chi connectivity index (χ2n) is 8.08. The fraction of sp³-hybridized carbons (Fsp3) is 0.762. The molecule has 2 fully saturated rings. The molecular formula is C21H31F2N. The maximum atomic E-state index is 13.4. The van der Waals surface area contributed by atoms with Crippen molar-refractivity contribution in [3.05, 3.63) is 29.6 Å². The van der Waals surface area contributed by atoms with E-state index in [0.29, 0.717) is 5.92 Å². The number of hydrogen-bond donors (Lipinski definition) is 0. The zero-order chi connectivity index (χ0) is 16.9. The molecule has 0 atom stereocenters. The Morgan fingerprint density at radius 3 is 2.17 bits per heavy atom. The topological polar surface area (TPSA) is 12.9 Å². The minimum Gasteiger partial charge on any atom is -0.225 e. The summed E-state index contributed by atoms with van der Waals surface area (Å²) in [4.78, 5) is 3.55. The van der Waals surface area contributed by atoms with Gasteiger partial charge in [0.2, 0.25) is 5.95 Å². The quantitative estimate of drug-likeness (QED) is 0.550. The smallest absolute Gasteiger partial charge is 0.225 e. The second-order valence-corrected chi connectivity index (χ2v) is 8.08. The molecule has 2 aliphatic rings. The maximum Gasteiger partial charge on any atom is 0.248 e. The van der Waals surface area contributed by atoms with E-state index in [9.17, 15) is 8.78 Å². The van der Waals surface area contributed by atoms with Crippen molar-refractivity contribution in [2.75, 3.05) is 0 Å². The van der Waals surface area contributed by atoms with Gasteiger partial charge in [-0.3, -0.25) is 0 Å². The van der Waals surface area contributed by atoms with Crippen LogP contribution in [0.2, 0.25) is 0 Å². The van der Waals surface area contributed by atoms with Gasteiger partial charge in [0.15, 0.2) is 5.82 Å². The molecule has 1 heterocycles. The summed E-state index contributed by atoms with van der Waals surface area (Å²) in [6, 6.07) is 1.35. The van der Waals surface area contributed by atoms with Crippen LogP contribution in [-0.2, 0) is 0 Å². The van der Waals surface area contributed by atoms with Crippen molar-refractivity contribution in [1.29, 1.82) is 0 Å². The van der Waals surface area contributed by atoms with Gasteiger partial charge in [-0.1, -0.05) is 39.0 Å². The molecule has 0 radical (unpaired) electrons.